The van der Waals surface area contributed by atoms with Gasteiger partial charge in [0.1, 0.15) is 0 Å². The van der Waals surface area contributed by atoms with E-state index >= 15 is 0 Å². The lowest BCUT2D eigenvalue weighted by Crippen LogP contribution is -2.51. The first-order valence-corrected chi connectivity index (χ1v) is 9.47. The molecule has 2 bridgehead atoms. The summed E-state index contributed by atoms with van der Waals surface area (Å²) in [5.74, 6) is 0.166. The third-order valence-corrected chi connectivity index (χ3v) is 8.55. The number of nitrogens with zero attached hydrogens (tertiary/aromatic N) is 1. The van der Waals surface area contributed by atoms with Crippen LogP contribution in [0, 0.1) is 22.7 Å². The van der Waals surface area contributed by atoms with Crippen LogP contribution in [0.4, 0.5) is 0 Å². The zero-order valence-electron chi connectivity index (χ0n) is 13.3. The number of sulfonamides is 1. The molecular weight excluding hydrogens is 290 g/mol. The molecule has 2 aliphatic carbocycles. The van der Waals surface area contributed by atoms with Gasteiger partial charge >= 0.3 is 0 Å². The van der Waals surface area contributed by atoms with Gasteiger partial charge in [-0.1, -0.05) is 27.7 Å². The van der Waals surface area contributed by atoms with Gasteiger partial charge in [-0.15, -0.1) is 0 Å². The molecule has 1 spiro atoms. The minimum atomic E-state index is -3.54. The van der Waals surface area contributed by atoms with E-state index < -0.39 is 22.0 Å². The predicted molar refractivity (Wildman–Crippen MR) is 80.8 cm³/mol. The van der Waals surface area contributed by atoms with Gasteiger partial charge in [0, 0.05) is 5.41 Å². The summed E-state index contributed by atoms with van der Waals surface area (Å²) in [5.41, 5.74) is 5.68. The first-order valence-electron chi connectivity index (χ1n) is 7.86. The molecule has 3 fully saturated rings. The molecule has 0 aromatic rings. The molecule has 0 aromatic carbocycles. The highest BCUT2D eigenvalue weighted by molar-refractivity contribution is 7.90. The Morgan fingerprint density at radius 2 is 1.95 bits per heavy atom. The van der Waals surface area contributed by atoms with Crippen LogP contribution in [-0.4, -0.2) is 36.5 Å². The van der Waals surface area contributed by atoms with E-state index in [1.807, 2.05) is 13.8 Å². The molecule has 1 saturated heterocycles. The van der Waals surface area contributed by atoms with Crippen LogP contribution in [0.1, 0.15) is 47.0 Å². The quantitative estimate of drug-likeness (QED) is 0.616. The molecular formula is C15H26N2O3S. The summed E-state index contributed by atoms with van der Waals surface area (Å²) in [4.78, 5) is 12.7. The van der Waals surface area contributed by atoms with Gasteiger partial charge in [-0.3, -0.25) is 4.79 Å². The van der Waals surface area contributed by atoms with Crippen LogP contribution in [0.3, 0.4) is 0 Å². The van der Waals surface area contributed by atoms with Crippen molar-refractivity contribution >= 4 is 15.9 Å². The van der Waals surface area contributed by atoms with E-state index in [1.165, 1.54) is 4.31 Å². The number of fused-ring (bicyclic) bond motifs is 1. The molecule has 6 heteroatoms. The normalized spacial score (nSPS) is 40.6. The van der Waals surface area contributed by atoms with Gasteiger partial charge in [-0.2, -0.15) is 0 Å². The number of hydrogen-bond acceptors (Lipinski definition) is 4. The molecule has 5 nitrogen and oxygen atoms in total. The fourth-order valence-electron chi connectivity index (χ4n) is 5.01. The second-order valence-corrected chi connectivity index (χ2v) is 9.87. The number of nitrogens with two attached hydrogens (primary N) is 1. The van der Waals surface area contributed by atoms with Crippen molar-refractivity contribution in [1.29, 1.82) is 0 Å². The second kappa shape index (κ2) is 4.22. The molecule has 120 valence electrons. The molecule has 2 N–H and O–H groups in total. The number of rotatable bonds is 2. The van der Waals surface area contributed by atoms with Gasteiger partial charge < -0.3 is 5.73 Å². The van der Waals surface area contributed by atoms with E-state index in [4.69, 9.17) is 5.73 Å². The summed E-state index contributed by atoms with van der Waals surface area (Å²) in [5, 5.41) is 0. The Labute approximate surface area is 127 Å². The molecule has 0 aromatic heterocycles. The summed E-state index contributed by atoms with van der Waals surface area (Å²) < 4.78 is 26.5. The standard InChI is InChI=1S/C15H26N2O3S/c1-9(2)12(16)13(18)17-11-7-10-5-6-15(11,14(10,3)4)8-21(17,19)20/h9-12H,5-8,16H2,1-4H3/t10-,11-,12-,15-/m0/s1/i13+1,16+1. The zero-order chi connectivity index (χ0) is 15.8. The fraction of sp³-hybridized carbons (Fsp3) is 0.933. The Morgan fingerprint density at radius 3 is 2.48 bits per heavy atom. The van der Waals surface area contributed by atoms with E-state index in [1.54, 1.807) is 0 Å². The summed E-state index contributed by atoms with van der Waals surface area (Å²) in [7, 11) is -3.54. The van der Waals surface area contributed by atoms with E-state index in [-0.39, 0.29) is 28.5 Å². The first kappa shape index (κ1) is 15.3. The fourth-order valence-corrected chi connectivity index (χ4v) is 7.58. The van der Waals surface area contributed by atoms with Crippen LogP contribution < -0.4 is 5.73 Å². The van der Waals surface area contributed by atoms with Crippen molar-refractivity contribution in [3.05, 3.63) is 0 Å². The molecule has 2 saturated carbocycles. The molecule has 1 aliphatic heterocycles. The third kappa shape index (κ3) is 1.72. The maximum Gasteiger partial charge on any atom is 0.253 e. The minimum absolute atomic E-state index is 0.0122. The number of hydrogen-bond donors (Lipinski definition) is 1. The van der Waals surface area contributed by atoms with Crippen molar-refractivity contribution in [1.82, 2.24) is 4.31 Å². The molecule has 3 rings (SSSR count). The molecule has 21 heavy (non-hydrogen) atoms. The van der Waals surface area contributed by atoms with Gasteiger partial charge in [0.25, 0.3) is 5.91 Å². The van der Waals surface area contributed by atoms with E-state index in [0.717, 1.165) is 19.3 Å². The SMILES string of the molecule is CC(C)[C@H]([15NH2])[13C](=O)N1[C@H]2C[C@@H]3CC[C@@]2(CS1(=O)=O)C3(C)C. The maximum absolute atomic E-state index is 12.7. The molecule has 4 atom stereocenters. The highest BCUT2D eigenvalue weighted by Crippen LogP contribution is 2.69. The van der Waals surface area contributed by atoms with Crippen LogP contribution in [0.2, 0.25) is 0 Å². The molecule has 0 unspecified atom stereocenters. The monoisotopic (exact) mass is 316 g/mol. The van der Waals surface area contributed by atoms with Crippen LogP contribution in [0.5, 0.6) is 0 Å². The molecule has 1 amide bonds. The van der Waals surface area contributed by atoms with Crippen LogP contribution in [0.25, 0.3) is 0 Å². The topological polar surface area (TPSA) is 80.5 Å². The lowest BCUT2D eigenvalue weighted by atomic mass is 9.69. The zero-order valence-corrected chi connectivity index (χ0v) is 14.1. The first-order chi connectivity index (χ1) is 9.54. The highest BCUT2D eigenvalue weighted by atomic mass is 32.2. The van der Waals surface area contributed by atoms with Crippen molar-refractivity contribution in [3.8, 4) is 0 Å². The Morgan fingerprint density at radius 1 is 1.33 bits per heavy atom. The van der Waals surface area contributed by atoms with Crippen LogP contribution >= 0.6 is 0 Å². The van der Waals surface area contributed by atoms with E-state index in [2.05, 4.69) is 13.8 Å². The second-order valence-electron chi connectivity index (χ2n) is 8.03. The van der Waals surface area contributed by atoms with E-state index in [0.29, 0.717) is 5.92 Å². The Balaban J connectivity index is 2.03. The van der Waals surface area contributed by atoms with Crippen molar-refractivity contribution in [3.63, 3.8) is 0 Å². The van der Waals surface area contributed by atoms with Gasteiger partial charge in [0.2, 0.25) is 10.0 Å². The Bertz CT molecular complexity index is 584. The van der Waals surface area contributed by atoms with Crippen molar-refractivity contribution in [2.45, 2.75) is 59.0 Å². The largest absolute Gasteiger partial charge is 0.320 e. The number of amides is 1. The minimum Gasteiger partial charge on any atom is -0.320 e. The smallest absolute Gasteiger partial charge is 0.253 e. The third-order valence-electron chi connectivity index (χ3n) is 6.63. The summed E-state index contributed by atoms with van der Waals surface area (Å²) in [6.07, 6.45) is 2.80. The molecule has 1 heterocycles. The highest BCUT2D eigenvalue weighted by Gasteiger charge is 2.72. The Kier molecular flexibility index (Phi) is 3.07. The van der Waals surface area contributed by atoms with Crippen LogP contribution in [0.15, 0.2) is 0 Å². The van der Waals surface area contributed by atoms with Gasteiger partial charge in [-0.25, -0.2) is 12.7 Å². The van der Waals surface area contributed by atoms with Crippen molar-refractivity contribution in [2.75, 3.05) is 5.75 Å². The molecule has 0 radical (unpaired) electrons. The van der Waals surface area contributed by atoms with Crippen molar-refractivity contribution in [2.24, 2.45) is 28.4 Å². The predicted octanol–water partition coefficient (Wildman–Crippen LogP) is 1.34. The lowest BCUT2D eigenvalue weighted by Gasteiger charge is -2.37. The Hall–Kier alpha value is -0.620. The summed E-state index contributed by atoms with van der Waals surface area (Å²) >= 11 is 0. The average Bonchev–Trinajstić information content (AvgIpc) is 2.83. The summed E-state index contributed by atoms with van der Waals surface area (Å²) in [6.45, 7) is 8.06. The van der Waals surface area contributed by atoms with Crippen LogP contribution in [-0.2, 0) is 14.8 Å². The number of carbonyl (C=O) groups excluding carboxylic acids is 1. The average molecular weight is 316 g/mol. The van der Waals surface area contributed by atoms with Gasteiger partial charge in [0.15, 0.2) is 0 Å². The lowest BCUT2D eigenvalue weighted by molar-refractivity contribution is -0.131. The number of carbonyl (C=O) groups is 1. The molecule has 3 aliphatic rings. The van der Waals surface area contributed by atoms with E-state index in [9.17, 15) is 13.2 Å². The van der Waals surface area contributed by atoms with Gasteiger partial charge in [-0.05, 0) is 36.5 Å². The summed E-state index contributed by atoms with van der Waals surface area (Å²) in [6, 6.07) is -0.911. The van der Waals surface area contributed by atoms with Gasteiger partial charge in [0.05, 0.1) is 17.8 Å². The maximum atomic E-state index is 12.7. The van der Waals surface area contributed by atoms with Crippen molar-refractivity contribution < 1.29 is 13.2 Å².